The maximum Gasteiger partial charge on any atom is 0.330 e. The van der Waals surface area contributed by atoms with Crippen molar-refractivity contribution in [3.63, 3.8) is 0 Å². The molecule has 0 aromatic carbocycles. The zero-order chi connectivity index (χ0) is 19.1. The van der Waals surface area contributed by atoms with E-state index in [2.05, 4.69) is 26.0 Å². The van der Waals surface area contributed by atoms with E-state index in [0.29, 0.717) is 6.61 Å². The number of hydrogen-bond donors (Lipinski definition) is 0. The number of ether oxygens (including phenoxy) is 1. The van der Waals surface area contributed by atoms with Gasteiger partial charge in [0.05, 0.1) is 6.61 Å². The molecule has 0 amide bonds. The van der Waals surface area contributed by atoms with Gasteiger partial charge in [0.2, 0.25) is 0 Å². The first-order valence-corrected chi connectivity index (χ1v) is 11.0. The molecule has 0 radical (unpaired) electrons. The minimum atomic E-state index is -0.256. The average Bonchev–Trinajstić information content (AvgIpc) is 2.64. The SMILES string of the molecule is CCCCCCCCCCCCCC=CC=CC=CC(=O)OCCCC. The smallest absolute Gasteiger partial charge is 0.330 e. The van der Waals surface area contributed by atoms with Crippen LogP contribution in [0.2, 0.25) is 0 Å². The Morgan fingerprint density at radius 1 is 0.654 bits per heavy atom. The van der Waals surface area contributed by atoms with Gasteiger partial charge in [0, 0.05) is 6.08 Å². The van der Waals surface area contributed by atoms with Crippen LogP contribution >= 0.6 is 0 Å². The van der Waals surface area contributed by atoms with E-state index in [4.69, 9.17) is 4.74 Å². The fourth-order valence-corrected chi connectivity index (χ4v) is 2.73. The first-order valence-electron chi connectivity index (χ1n) is 11.0. The van der Waals surface area contributed by atoms with Crippen LogP contribution in [0.15, 0.2) is 36.5 Å². The summed E-state index contributed by atoms with van der Waals surface area (Å²) in [6, 6.07) is 0. The lowest BCUT2D eigenvalue weighted by Crippen LogP contribution is -2.01. The molecule has 0 aliphatic carbocycles. The number of unbranched alkanes of at least 4 members (excludes halogenated alkanes) is 12. The number of carbonyl (C=O) groups excluding carboxylic acids is 1. The Kier molecular flexibility index (Phi) is 20.6. The second-order valence-electron chi connectivity index (χ2n) is 7.02. The standard InChI is InChI=1S/C24H42O2/c1-3-5-7-8-9-10-11-12-13-14-15-16-17-18-19-20-21-22-24(25)26-23-6-4-2/h17-22H,3-16,23H2,1-2H3. The number of carbonyl (C=O) groups is 1. The molecule has 26 heavy (non-hydrogen) atoms. The molecule has 150 valence electrons. The van der Waals surface area contributed by atoms with Crippen LogP contribution in [0.3, 0.4) is 0 Å². The Labute approximate surface area is 162 Å². The molecule has 0 fully saturated rings. The summed E-state index contributed by atoms with van der Waals surface area (Å²) in [6.07, 6.45) is 29.7. The molecule has 0 saturated heterocycles. The van der Waals surface area contributed by atoms with Gasteiger partial charge in [-0.1, -0.05) is 115 Å². The van der Waals surface area contributed by atoms with E-state index < -0.39 is 0 Å². The third-order valence-corrected chi connectivity index (χ3v) is 4.42. The summed E-state index contributed by atoms with van der Waals surface area (Å²) in [5.41, 5.74) is 0. The van der Waals surface area contributed by atoms with E-state index in [-0.39, 0.29) is 5.97 Å². The molecule has 0 aliphatic heterocycles. The van der Waals surface area contributed by atoms with Crippen molar-refractivity contribution in [3.8, 4) is 0 Å². The fourth-order valence-electron chi connectivity index (χ4n) is 2.73. The van der Waals surface area contributed by atoms with Crippen molar-refractivity contribution in [2.24, 2.45) is 0 Å². The summed E-state index contributed by atoms with van der Waals surface area (Å²) in [5.74, 6) is -0.256. The lowest BCUT2D eigenvalue weighted by atomic mass is 10.1. The lowest BCUT2D eigenvalue weighted by Gasteiger charge is -2.01. The molecule has 2 heteroatoms. The summed E-state index contributed by atoms with van der Waals surface area (Å²) < 4.78 is 5.03. The highest BCUT2D eigenvalue weighted by molar-refractivity contribution is 5.82. The van der Waals surface area contributed by atoms with Crippen LogP contribution in [0.25, 0.3) is 0 Å². The highest BCUT2D eigenvalue weighted by Gasteiger charge is 1.94. The number of hydrogen-bond acceptors (Lipinski definition) is 2. The molecule has 0 aliphatic rings. The van der Waals surface area contributed by atoms with Crippen LogP contribution in [0.1, 0.15) is 104 Å². The second-order valence-corrected chi connectivity index (χ2v) is 7.02. The van der Waals surface area contributed by atoms with Crippen molar-refractivity contribution in [2.75, 3.05) is 6.61 Å². The second kappa shape index (κ2) is 21.7. The zero-order valence-corrected chi connectivity index (χ0v) is 17.4. The van der Waals surface area contributed by atoms with E-state index >= 15 is 0 Å². The van der Waals surface area contributed by atoms with Crippen molar-refractivity contribution in [1.82, 2.24) is 0 Å². The van der Waals surface area contributed by atoms with Crippen LogP contribution in [0, 0.1) is 0 Å². The monoisotopic (exact) mass is 362 g/mol. The van der Waals surface area contributed by atoms with E-state index in [0.717, 1.165) is 19.3 Å². The van der Waals surface area contributed by atoms with Gasteiger partial charge >= 0.3 is 5.97 Å². The molecule has 0 atom stereocenters. The van der Waals surface area contributed by atoms with Gasteiger partial charge in [-0.3, -0.25) is 0 Å². The minimum Gasteiger partial charge on any atom is -0.463 e. The average molecular weight is 363 g/mol. The predicted molar refractivity (Wildman–Crippen MR) is 114 cm³/mol. The highest BCUT2D eigenvalue weighted by Crippen LogP contribution is 2.12. The van der Waals surface area contributed by atoms with Gasteiger partial charge in [0.25, 0.3) is 0 Å². The van der Waals surface area contributed by atoms with E-state index in [1.54, 1.807) is 6.08 Å². The largest absolute Gasteiger partial charge is 0.463 e. The predicted octanol–water partition coefficient (Wildman–Crippen LogP) is 7.70. The third-order valence-electron chi connectivity index (χ3n) is 4.42. The molecule has 0 aromatic rings. The Balaban J connectivity index is 3.36. The van der Waals surface area contributed by atoms with Gasteiger partial charge in [-0.25, -0.2) is 4.79 Å². The number of rotatable bonds is 18. The normalized spacial score (nSPS) is 11.9. The molecular formula is C24H42O2. The molecule has 0 heterocycles. The molecule has 0 rings (SSSR count). The molecular weight excluding hydrogens is 320 g/mol. The van der Waals surface area contributed by atoms with Crippen LogP contribution in [0.4, 0.5) is 0 Å². The van der Waals surface area contributed by atoms with E-state index in [1.165, 1.54) is 76.7 Å². The van der Waals surface area contributed by atoms with Gasteiger partial charge in [-0.15, -0.1) is 0 Å². The quantitative estimate of drug-likeness (QED) is 0.108. The van der Waals surface area contributed by atoms with Gasteiger partial charge in [-0.2, -0.15) is 0 Å². The lowest BCUT2D eigenvalue weighted by molar-refractivity contribution is -0.137. The molecule has 2 nitrogen and oxygen atoms in total. The van der Waals surface area contributed by atoms with Gasteiger partial charge < -0.3 is 4.74 Å². The van der Waals surface area contributed by atoms with Crippen molar-refractivity contribution in [2.45, 2.75) is 104 Å². The van der Waals surface area contributed by atoms with Crippen molar-refractivity contribution < 1.29 is 9.53 Å². The van der Waals surface area contributed by atoms with Crippen LogP contribution in [0.5, 0.6) is 0 Å². The Morgan fingerprint density at radius 3 is 1.81 bits per heavy atom. The Morgan fingerprint density at radius 2 is 1.19 bits per heavy atom. The Bertz CT molecular complexity index is 380. The van der Waals surface area contributed by atoms with Crippen LogP contribution in [-0.4, -0.2) is 12.6 Å². The summed E-state index contributed by atoms with van der Waals surface area (Å²) in [7, 11) is 0. The first-order chi connectivity index (χ1) is 12.8. The van der Waals surface area contributed by atoms with Gasteiger partial charge in [-0.05, 0) is 19.3 Å². The minimum absolute atomic E-state index is 0.256. The molecule has 0 aromatic heterocycles. The maximum absolute atomic E-state index is 11.3. The van der Waals surface area contributed by atoms with Gasteiger partial charge in [0.1, 0.15) is 0 Å². The van der Waals surface area contributed by atoms with E-state index in [1.807, 2.05) is 12.2 Å². The number of allylic oxidation sites excluding steroid dienone is 5. The van der Waals surface area contributed by atoms with Gasteiger partial charge in [0.15, 0.2) is 0 Å². The first kappa shape index (κ1) is 24.7. The van der Waals surface area contributed by atoms with Crippen molar-refractivity contribution in [1.29, 1.82) is 0 Å². The zero-order valence-electron chi connectivity index (χ0n) is 17.4. The summed E-state index contributed by atoms with van der Waals surface area (Å²) in [6.45, 7) is 4.87. The summed E-state index contributed by atoms with van der Waals surface area (Å²) in [4.78, 5) is 11.3. The third kappa shape index (κ3) is 20.7. The summed E-state index contributed by atoms with van der Waals surface area (Å²) in [5, 5.41) is 0. The van der Waals surface area contributed by atoms with Crippen molar-refractivity contribution >= 4 is 5.97 Å². The maximum atomic E-state index is 11.3. The molecule has 0 N–H and O–H groups in total. The van der Waals surface area contributed by atoms with Crippen LogP contribution < -0.4 is 0 Å². The Hall–Kier alpha value is -1.31. The molecule has 0 saturated carbocycles. The fraction of sp³-hybridized carbons (Fsp3) is 0.708. The molecule has 0 spiro atoms. The van der Waals surface area contributed by atoms with Crippen molar-refractivity contribution in [3.05, 3.63) is 36.5 Å². The van der Waals surface area contributed by atoms with Crippen LogP contribution in [-0.2, 0) is 9.53 Å². The van der Waals surface area contributed by atoms with E-state index in [9.17, 15) is 4.79 Å². The molecule has 0 bridgehead atoms. The topological polar surface area (TPSA) is 26.3 Å². The summed E-state index contributed by atoms with van der Waals surface area (Å²) >= 11 is 0. The highest BCUT2D eigenvalue weighted by atomic mass is 16.5. The molecule has 0 unspecified atom stereocenters. The number of esters is 1.